The maximum absolute atomic E-state index is 13.5. The molecular weight excluding hydrogens is 281 g/mol. The normalized spacial score (nSPS) is 10.3. The van der Waals surface area contributed by atoms with E-state index < -0.39 is 0 Å². The van der Waals surface area contributed by atoms with Gasteiger partial charge in [0.1, 0.15) is 11.5 Å². The van der Waals surface area contributed by atoms with E-state index in [4.69, 9.17) is 0 Å². The number of carbonyl (C=O) groups excluding carboxylic acids is 1. The third kappa shape index (κ3) is 3.81. The van der Waals surface area contributed by atoms with Crippen LogP contribution in [0.4, 0.5) is 10.1 Å². The first-order chi connectivity index (χ1) is 10.7. The lowest BCUT2D eigenvalue weighted by molar-refractivity contribution is 0.0767. The second-order valence-electron chi connectivity index (χ2n) is 4.85. The van der Waals surface area contributed by atoms with Crippen molar-refractivity contribution in [3.8, 4) is 0 Å². The number of anilines is 1. The number of hydrogen-bond acceptors (Lipinski definition) is 3. The highest BCUT2D eigenvalue weighted by atomic mass is 19.1. The lowest BCUT2D eigenvalue weighted by Gasteiger charge is -2.18. The van der Waals surface area contributed by atoms with Crippen LogP contribution in [0.1, 0.15) is 29.9 Å². The lowest BCUT2D eigenvalue weighted by Crippen LogP contribution is -2.31. The molecule has 2 aromatic rings. The molecule has 0 saturated heterocycles. The van der Waals surface area contributed by atoms with E-state index in [2.05, 4.69) is 10.3 Å². The van der Waals surface area contributed by atoms with Gasteiger partial charge < -0.3 is 10.2 Å². The van der Waals surface area contributed by atoms with Crippen LogP contribution in [0.2, 0.25) is 0 Å². The van der Waals surface area contributed by atoms with Gasteiger partial charge >= 0.3 is 0 Å². The minimum absolute atomic E-state index is 0.0781. The van der Waals surface area contributed by atoms with Crippen LogP contribution in [-0.4, -0.2) is 28.9 Å². The fraction of sp³-hybridized carbons (Fsp3) is 0.294. The molecule has 1 N–H and O–H groups in total. The summed E-state index contributed by atoms with van der Waals surface area (Å²) in [6.45, 7) is 5.56. The number of pyridine rings is 1. The Hall–Kier alpha value is -2.43. The second kappa shape index (κ2) is 7.54. The van der Waals surface area contributed by atoms with Gasteiger partial charge in [-0.15, -0.1) is 0 Å². The van der Waals surface area contributed by atoms with Crippen molar-refractivity contribution < 1.29 is 9.18 Å². The average molecular weight is 301 g/mol. The Morgan fingerprint density at radius 1 is 1.18 bits per heavy atom. The first-order valence-corrected chi connectivity index (χ1v) is 7.38. The third-order valence-corrected chi connectivity index (χ3v) is 3.47. The van der Waals surface area contributed by atoms with Crippen molar-refractivity contribution >= 4 is 11.6 Å². The fourth-order valence-corrected chi connectivity index (χ4v) is 2.14. The molecule has 116 valence electrons. The van der Waals surface area contributed by atoms with E-state index in [-0.39, 0.29) is 11.7 Å². The fourth-order valence-electron chi connectivity index (χ4n) is 2.14. The van der Waals surface area contributed by atoms with Crippen molar-refractivity contribution in [2.75, 3.05) is 18.4 Å². The highest BCUT2D eigenvalue weighted by Gasteiger charge is 2.13. The van der Waals surface area contributed by atoms with E-state index in [9.17, 15) is 9.18 Å². The Morgan fingerprint density at radius 2 is 1.91 bits per heavy atom. The maximum atomic E-state index is 13.5. The van der Waals surface area contributed by atoms with E-state index >= 15 is 0 Å². The van der Waals surface area contributed by atoms with Gasteiger partial charge in [-0.05, 0) is 32.0 Å². The Bertz CT molecular complexity index is 624. The van der Waals surface area contributed by atoms with Gasteiger partial charge in [-0.2, -0.15) is 0 Å². The Morgan fingerprint density at radius 3 is 2.50 bits per heavy atom. The van der Waals surface area contributed by atoms with Crippen LogP contribution in [0.25, 0.3) is 0 Å². The highest BCUT2D eigenvalue weighted by molar-refractivity contribution is 5.92. The molecule has 1 aromatic carbocycles. The van der Waals surface area contributed by atoms with E-state index in [1.165, 1.54) is 6.07 Å². The molecule has 0 unspecified atom stereocenters. The van der Waals surface area contributed by atoms with Crippen LogP contribution in [0, 0.1) is 5.82 Å². The average Bonchev–Trinajstić information content (AvgIpc) is 2.55. The van der Waals surface area contributed by atoms with Gasteiger partial charge in [-0.25, -0.2) is 9.37 Å². The molecule has 0 saturated carbocycles. The van der Waals surface area contributed by atoms with Crippen LogP contribution in [-0.2, 0) is 6.54 Å². The Labute approximate surface area is 130 Å². The summed E-state index contributed by atoms with van der Waals surface area (Å²) in [7, 11) is 0. The topological polar surface area (TPSA) is 45.2 Å². The van der Waals surface area contributed by atoms with Gasteiger partial charge in [0.25, 0.3) is 5.91 Å². The molecule has 22 heavy (non-hydrogen) atoms. The zero-order valence-electron chi connectivity index (χ0n) is 12.8. The molecule has 0 aliphatic heterocycles. The van der Waals surface area contributed by atoms with Crippen molar-refractivity contribution in [1.29, 1.82) is 0 Å². The quantitative estimate of drug-likeness (QED) is 0.890. The molecule has 1 aromatic heterocycles. The summed E-state index contributed by atoms with van der Waals surface area (Å²) >= 11 is 0. The minimum atomic E-state index is -0.240. The first-order valence-electron chi connectivity index (χ1n) is 7.38. The van der Waals surface area contributed by atoms with Crippen molar-refractivity contribution in [3.63, 3.8) is 0 Å². The van der Waals surface area contributed by atoms with Gasteiger partial charge in [-0.3, -0.25) is 4.79 Å². The number of benzene rings is 1. The van der Waals surface area contributed by atoms with Crippen molar-refractivity contribution in [2.45, 2.75) is 20.4 Å². The van der Waals surface area contributed by atoms with Crippen LogP contribution in [0.3, 0.4) is 0 Å². The van der Waals surface area contributed by atoms with E-state index in [1.807, 2.05) is 13.8 Å². The summed E-state index contributed by atoms with van der Waals surface area (Å²) in [5.74, 6) is -0.318. The number of aromatic nitrogens is 1. The van der Waals surface area contributed by atoms with Gasteiger partial charge in [0.15, 0.2) is 0 Å². The third-order valence-electron chi connectivity index (χ3n) is 3.47. The van der Waals surface area contributed by atoms with Gasteiger partial charge in [-0.1, -0.05) is 18.2 Å². The van der Waals surface area contributed by atoms with Crippen molar-refractivity contribution in [1.82, 2.24) is 9.88 Å². The number of rotatable bonds is 6. The molecule has 0 bridgehead atoms. The predicted octanol–water partition coefficient (Wildman–Crippen LogP) is 3.31. The first kappa shape index (κ1) is 15.9. The van der Waals surface area contributed by atoms with Crippen molar-refractivity contribution in [2.24, 2.45) is 0 Å². The summed E-state index contributed by atoms with van der Waals surface area (Å²) in [4.78, 5) is 18.0. The number of nitrogens with one attached hydrogen (secondary N) is 1. The number of halogens is 1. The molecule has 0 spiro atoms. The Balaban J connectivity index is 2.00. The molecule has 0 atom stereocenters. The predicted molar refractivity (Wildman–Crippen MR) is 85.2 cm³/mol. The zero-order valence-corrected chi connectivity index (χ0v) is 12.8. The van der Waals surface area contributed by atoms with Crippen LogP contribution < -0.4 is 5.32 Å². The van der Waals surface area contributed by atoms with Gasteiger partial charge in [0.2, 0.25) is 0 Å². The van der Waals surface area contributed by atoms with Gasteiger partial charge in [0, 0.05) is 25.2 Å². The molecule has 5 heteroatoms. The molecule has 0 aliphatic carbocycles. The second-order valence-corrected chi connectivity index (χ2v) is 4.85. The molecular formula is C17H20FN3O. The molecule has 1 heterocycles. The lowest BCUT2D eigenvalue weighted by atomic mass is 10.2. The van der Waals surface area contributed by atoms with E-state index in [0.717, 1.165) is 5.69 Å². The van der Waals surface area contributed by atoms with Crippen molar-refractivity contribution in [3.05, 3.63) is 59.7 Å². The SMILES string of the molecule is CCN(CC)C(=O)c1ccc(NCc2ccccc2F)cn1. The van der Waals surface area contributed by atoms with Gasteiger partial charge in [0.05, 0.1) is 11.9 Å². The number of amides is 1. The number of hydrogen-bond donors (Lipinski definition) is 1. The number of carbonyl (C=O) groups is 1. The molecule has 4 nitrogen and oxygen atoms in total. The smallest absolute Gasteiger partial charge is 0.272 e. The zero-order chi connectivity index (χ0) is 15.9. The molecule has 1 amide bonds. The molecule has 0 aliphatic rings. The molecule has 0 radical (unpaired) electrons. The Kier molecular flexibility index (Phi) is 5.47. The summed E-state index contributed by atoms with van der Waals surface area (Å²) in [5, 5.41) is 3.10. The standard InChI is InChI=1S/C17H20FN3O/c1-3-21(4-2)17(22)16-10-9-14(12-20-16)19-11-13-7-5-6-8-15(13)18/h5-10,12,19H,3-4,11H2,1-2H3. The van der Waals surface area contributed by atoms with Crippen LogP contribution >= 0.6 is 0 Å². The molecule has 0 fully saturated rings. The largest absolute Gasteiger partial charge is 0.380 e. The van der Waals surface area contributed by atoms with Crippen LogP contribution in [0.5, 0.6) is 0 Å². The maximum Gasteiger partial charge on any atom is 0.272 e. The number of nitrogens with zero attached hydrogens (tertiary/aromatic N) is 2. The summed E-state index contributed by atoms with van der Waals surface area (Å²) < 4.78 is 13.5. The van der Waals surface area contributed by atoms with E-state index in [0.29, 0.717) is 30.9 Å². The summed E-state index contributed by atoms with van der Waals surface area (Å²) in [5.41, 5.74) is 1.75. The van der Waals surface area contributed by atoms with Crippen LogP contribution in [0.15, 0.2) is 42.6 Å². The minimum Gasteiger partial charge on any atom is -0.380 e. The molecule has 2 rings (SSSR count). The highest BCUT2D eigenvalue weighted by Crippen LogP contribution is 2.12. The summed E-state index contributed by atoms with van der Waals surface area (Å²) in [6.07, 6.45) is 1.59. The summed E-state index contributed by atoms with van der Waals surface area (Å²) in [6, 6.07) is 10.1. The van der Waals surface area contributed by atoms with E-state index in [1.54, 1.807) is 41.4 Å². The monoisotopic (exact) mass is 301 g/mol.